The highest BCUT2D eigenvalue weighted by molar-refractivity contribution is 8.00. The summed E-state index contributed by atoms with van der Waals surface area (Å²) in [4.78, 5) is 12.4. The first kappa shape index (κ1) is 13.1. The van der Waals surface area contributed by atoms with E-state index in [2.05, 4.69) is 14.9 Å². The summed E-state index contributed by atoms with van der Waals surface area (Å²) < 4.78 is 6.57. The molecular formula is C11H13N3O2S2. The van der Waals surface area contributed by atoms with E-state index in [0.717, 1.165) is 10.7 Å². The molecule has 0 aromatic carbocycles. The first-order valence-electron chi connectivity index (χ1n) is 5.31. The first-order chi connectivity index (χ1) is 8.63. The Labute approximate surface area is 113 Å². The van der Waals surface area contributed by atoms with Crippen LogP contribution in [0.4, 0.5) is 0 Å². The van der Waals surface area contributed by atoms with E-state index in [-0.39, 0.29) is 11.2 Å². The summed E-state index contributed by atoms with van der Waals surface area (Å²) in [7, 11) is 3.27. The van der Waals surface area contributed by atoms with Crippen LogP contribution in [0.15, 0.2) is 22.7 Å². The lowest BCUT2D eigenvalue weighted by molar-refractivity contribution is -0.139. The fraction of sp³-hybridized carbons (Fsp3) is 0.364. The summed E-state index contributed by atoms with van der Waals surface area (Å²) >= 11 is 2.95. The van der Waals surface area contributed by atoms with Crippen molar-refractivity contribution in [1.29, 1.82) is 0 Å². The van der Waals surface area contributed by atoms with E-state index < -0.39 is 0 Å². The molecule has 0 fully saturated rings. The number of methoxy groups -OCH3 is 1. The molecule has 0 saturated carbocycles. The van der Waals surface area contributed by atoms with Crippen LogP contribution in [0, 0.1) is 0 Å². The van der Waals surface area contributed by atoms with Gasteiger partial charge in [0.25, 0.3) is 0 Å². The van der Waals surface area contributed by atoms with Crippen molar-refractivity contribution < 1.29 is 9.53 Å². The zero-order chi connectivity index (χ0) is 13.1. The number of esters is 1. The molecule has 0 bridgehead atoms. The Bertz CT molecular complexity index is 536. The van der Waals surface area contributed by atoms with Crippen molar-refractivity contribution in [1.82, 2.24) is 14.8 Å². The quantitative estimate of drug-likeness (QED) is 0.636. The van der Waals surface area contributed by atoms with Crippen LogP contribution in [0.1, 0.15) is 6.92 Å². The zero-order valence-electron chi connectivity index (χ0n) is 10.3. The summed E-state index contributed by atoms with van der Waals surface area (Å²) in [5, 5.41) is 10.7. The van der Waals surface area contributed by atoms with Gasteiger partial charge in [0.1, 0.15) is 5.25 Å². The molecule has 2 heterocycles. The van der Waals surface area contributed by atoms with Crippen molar-refractivity contribution in [3.05, 3.63) is 17.5 Å². The smallest absolute Gasteiger partial charge is 0.318 e. The molecule has 7 heteroatoms. The van der Waals surface area contributed by atoms with Crippen molar-refractivity contribution >= 4 is 29.1 Å². The molecule has 0 amide bonds. The normalized spacial score (nSPS) is 12.4. The van der Waals surface area contributed by atoms with Gasteiger partial charge >= 0.3 is 5.97 Å². The van der Waals surface area contributed by atoms with Crippen LogP contribution in [0.25, 0.3) is 10.7 Å². The Balaban J connectivity index is 2.19. The lowest BCUT2D eigenvalue weighted by atomic mass is 10.4. The lowest BCUT2D eigenvalue weighted by Crippen LogP contribution is -2.15. The summed E-state index contributed by atoms with van der Waals surface area (Å²) in [5.41, 5.74) is 0. The van der Waals surface area contributed by atoms with Crippen LogP contribution >= 0.6 is 23.1 Å². The largest absolute Gasteiger partial charge is 0.468 e. The van der Waals surface area contributed by atoms with Gasteiger partial charge in [0.15, 0.2) is 11.0 Å². The zero-order valence-corrected chi connectivity index (χ0v) is 11.9. The molecule has 2 aromatic heterocycles. The van der Waals surface area contributed by atoms with E-state index >= 15 is 0 Å². The van der Waals surface area contributed by atoms with E-state index in [4.69, 9.17) is 0 Å². The molecular weight excluding hydrogens is 270 g/mol. The Morgan fingerprint density at radius 3 is 2.94 bits per heavy atom. The number of carbonyl (C=O) groups excluding carboxylic acids is 1. The third-order valence-corrected chi connectivity index (χ3v) is 4.37. The van der Waals surface area contributed by atoms with Crippen molar-refractivity contribution in [3.63, 3.8) is 0 Å². The molecule has 96 valence electrons. The Kier molecular flexibility index (Phi) is 4.03. The van der Waals surface area contributed by atoms with Gasteiger partial charge in [-0.25, -0.2) is 0 Å². The minimum Gasteiger partial charge on any atom is -0.468 e. The number of rotatable bonds is 4. The maximum Gasteiger partial charge on any atom is 0.318 e. The molecule has 2 rings (SSSR count). The van der Waals surface area contributed by atoms with Crippen molar-refractivity contribution in [2.24, 2.45) is 7.05 Å². The Morgan fingerprint density at radius 1 is 1.56 bits per heavy atom. The second kappa shape index (κ2) is 5.53. The summed E-state index contributed by atoms with van der Waals surface area (Å²) in [6.07, 6.45) is 0. The molecule has 2 aromatic rings. The summed E-state index contributed by atoms with van der Waals surface area (Å²) in [5.74, 6) is 0.547. The van der Waals surface area contributed by atoms with Gasteiger partial charge in [-0.2, -0.15) is 0 Å². The third kappa shape index (κ3) is 2.56. The molecule has 0 spiro atoms. The van der Waals surface area contributed by atoms with E-state index in [0.29, 0.717) is 5.16 Å². The first-order valence-corrected chi connectivity index (χ1v) is 7.07. The molecule has 5 nitrogen and oxygen atoms in total. The van der Waals surface area contributed by atoms with Gasteiger partial charge in [-0.05, 0) is 18.4 Å². The molecule has 0 unspecified atom stereocenters. The molecule has 0 aliphatic carbocycles. The average Bonchev–Trinajstić information content (AvgIpc) is 2.99. The molecule has 0 radical (unpaired) electrons. The van der Waals surface area contributed by atoms with E-state index in [9.17, 15) is 4.79 Å². The van der Waals surface area contributed by atoms with Gasteiger partial charge in [-0.1, -0.05) is 17.8 Å². The molecule has 0 aliphatic heterocycles. The van der Waals surface area contributed by atoms with E-state index in [1.54, 1.807) is 18.3 Å². The standard InChI is InChI=1S/C11H13N3O2S2/c1-7(10(15)16-3)18-11-13-12-9(14(11)2)8-5-4-6-17-8/h4-7H,1-3H3/t7-/m1/s1. The van der Waals surface area contributed by atoms with Gasteiger partial charge in [0.2, 0.25) is 0 Å². The highest BCUT2D eigenvalue weighted by atomic mass is 32.2. The molecule has 1 atom stereocenters. The van der Waals surface area contributed by atoms with Crippen LogP contribution in [-0.4, -0.2) is 33.1 Å². The van der Waals surface area contributed by atoms with Gasteiger partial charge in [0, 0.05) is 7.05 Å². The number of ether oxygens (including phenoxy) is 1. The third-order valence-electron chi connectivity index (χ3n) is 2.39. The van der Waals surface area contributed by atoms with Crippen molar-refractivity contribution in [2.45, 2.75) is 17.3 Å². The number of thiophene rings is 1. The van der Waals surface area contributed by atoms with Crippen LogP contribution in [0.5, 0.6) is 0 Å². The SMILES string of the molecule is COC(=O)[C@@H](C)Sc1nnc(-c2cccs2)n1C. The van der Waals surface area contributed by atoms with Crippen molar-refractivity contribution in [2.75, 3.05) is 7.11 Å². The molecule has 0 aliphatic rings. The second-order valence-corrected chi connectivity index (χ2v) is 5.88. The Morgan fingerprint density at radius 2 is 2.33 bits per heavy atom. The minimum atomic E-state index is -0.297. The van der Waals surface area contributed by atoms with Crippen molar-refractivity contribution in [3.8, 4) is 10.7 Å². The average molecular weight is 283 g/mol. The maximum atomic E-state index is 11.4. The monoisotopic (exact) mass is 283 g/mol. The lowest BCUT2D eigenvalue weighted by Gasteiger charge is -2.07. The maximum absolute atomic E-state index is 11.4. The van der Waals surface area contributed by atoms with Gasteiger partial charge < -0.3 is 9.30 Å². The van der Waals surface area contributed by atoms with Crippen LogP contribution in [0.3, 0.4) is 0 Å². The highest BCUT2D eigenvalue weighted by Gasteiger charge is 2.19. The van der Waals surface area contributed by atoms with Crippen LogP contribution in [-0.2, 0) is 16.6 Å². The predicted octanol–water partition coefficient (Wildman–Crippen LogP) is 2.20. The number of nitrogens with zero attached hydrogens (tertiary/aromatic N) is 3. The summed E-state index contributed by atoms with van der Waals surface area (Å²) in [6, 6.07) is 3.96. The Hall–Kier alpha value is -1.34. The topological polar surface area (TPSA) is 57.0 Å². The van der Waals surface area contributed by atoms with Gasteiger partial charge in [-0.15, -0.1) is 21.5 Å². The van der Waals surface area contributed by atoms with Gasteiger partial charge in [0.05, 0.1) is 12.0 Å². The number of aromatic nitrogens is 3. The summed E-state index contributed by atoms with van der Waals surface area (Å²) in [6.45, 7) is 1.79. The molecule has 0 N–H and O–H groups in total. The van der Waals surface area contributed by atoms with Crippen LogP contribution in [0.2, 0.25) is 0 Å². The number of hydrogen-bond donors (Lipinski definition) is 0. The highest BCUT2D eigenvalue weighted by Crippen LogP contribution is 2.28. The molecule has 0 saturated heterocycles. The second-order valence-electron chi connectivity index (χ2n) is 3.63. The van der Waals surface area contributed by atoms with E-state index in [1.807, 2.05) is 29.1 Å². The number of thioether (sulfide) groups is 1. The number of hydrogen-bond acceptors (Lipinski definition) is 6. The van der Waals surface area contributed by atoms with Crippen LogP contribution < -0.4 is 0 Å². The molecule has 18 heavy (non-hydrogen) atoms. The predicted molar refractivity (Wildman–Crippen MR) is 71.7 cm³/mol. The van der Waals surface area contributed by atoms with E-state index in [1.165, 1.54) is 18.9 Å². The fourth-order valence-electron chi connectivity index (χ4n) is 1.41. The van der Waals surface area contributed by atoms with Gasteiger partial charge in [-0.3, -0.25) is 4.79 Å². The minimum absolute atomic E-state index is 0.263. The number of carbonyl (C=O) groups is 1. The fourth-order valence-corrected chi connectivity index (χ4v) is 3.00.